The Bertz CT molecular complexity index is 1170. The van der Waals surface area contributed by atoms with Crippen LogP contribution >= 0.6 is 11.6 Å². The van der Waals surface area contributed by atoms with E-state index in [1.165, 1.54) is 12.1 Å². The SMILES string of the molecule is CN(C)c1ccnc(N[C@H]2CC[C@@H](NC(=O)c3cc(-c4ccc(Cl)cc4)oc3C(F)(F)F)CC2)n1. The van der Waals surface area contributed by atoms with Gasteiger partial charge in [0.2, 0.25) is 11.7 Å². The Morgan fingerprint density at radius 2 is 1.74 bits per heavy atom. The van der Waals surface area contributed by atoms with Crippen LogP contribution < -0.4 is 15.5 Å². The van der Waals surface area contributed by atoms with Crippen LogP contribution in [0.1, 0.15) is 41.8 Å². The maximum Gasteiger partial charge on any atom is 0.450 e. The molecule has 2 N–H and O–H groups in total. The van der Waals surface area contributed by atoms with Gasteiger partial charge < -0.3 is 20.0 Å². The molecule has 0 aliphatic heterocycles. The van der Waals surface area contributed by atoms with E-state index in [2.05, 4.69) is 20.6 Å². The van der Waals surface area contributed by atoms with Crippen LogP contribution in [0.3, 0.4) is 0 Å². The Hall–Kier alpha value is -3.27. The number of benzene rings is 1. The second-order valence-corrected chi connectivity index (χ2v) is 9.09. The smallest absolute Gasteiger partial charge is 0.450 e. The van der Waals surface area contributed by atoms with Gasteiger partial charge in [-0.1, -0.05) is 11.6 Å². The number of aromatic nitrogens is 2. The van der Waals surface area contributed by atoms with Crippen LogP contribution in [0.4, 0.5) is 24.9 Å². The number of hydrogen-bond donors (Lipinski definition) is 2. The average molecular weight is 508 g/mol. The van der Waals surface area contributed by atoms with Crippen molar-refractivity contribution in [1.82, 2.24) is 15.3 Å². The lowest BCUT2D eigenvalue weighted by Gasteiger charge is -2.29. The summed E-state index contributed by atoms with van der Waals surface area (Å²) in [6.07, 6.45) is -0.472. The molecule has 3 aromatic rings. The van der Waals surface area contributed by atoms with Gasteiger partial charge in [-0.05, 0) is 62.1 Å². The molecule has 0 radical (unpaired) electrons. The molecule has 35 heavy (non-hydrogen) atoms. The Balaban J connectivity index is 1.40. The molecule has 0 saturated heterocycles. The first-order valence-corrected chi connectivity index (χ1v) is 11.5. The van der Waals surface area contributed by atoms with Crippen LogP contribution in [0.2, 0.25) is 5.02 Å². The number of nitrogens with one attached hydrogen (secondary N) is 2. The number of furan rings is 1. The lowest BCUT2D eigenvalue weighted by atomic mass is 9.91. The monoisotopic (exact) mass is 507 g/mol. The maximum atomic E-state index is 13.6. The molecular weight excluding hydrogens is 483 g/mol. The second kappa shape index (κ2) is 10.2. The summed E-state index contributed by atoms with van der Waals surface area (Å²) in [4.78, 5) is 23.4. The molecule has 0 spiro atoms. The predicted molar refractivity (Wildman–Crippen MR) is 128 cm³/mol. The standard InChI is InChI=1S/C24H25ClF3N5O2/c1-33(2)20-11-12-29-23(32-20)31-17-9-7-16(8-10-17)30-22(34)18-13-19(35-21(18)24(26,27)28)14-3-5-15(25)6-4-14/h3-6,11-13,16-17H,7-10H2,1-2H3,(H,30,34)(H,29,31,32)/t16-,17+. The quantitative estimate of drug-likeness (QED) is 0.450. The van der Waals surface area contributed by atoms with Crippen molar-refractivity contribution >= 4 is 29.3 Å². The summed E-state index contributed by atoms with van der Waals surface area (Å²) in [5, 5.41) is 6.49. The maximum absolute atomic E-state index is 13.6. The zero-order valence-corrected chi connectivity index (χ0v) is 20.0. The van der Waals surface area contributed by atoms with Gasteiger partial charge in [-0.15, -0.1) is 0 Å². The number of rotatable bonds is 6. The summed E-state index contributed by atoms with van der Waals surface area (Å²) in [7, 11) is 3.78. The van der Waals surface area contributed by atoms with E-state index in [0.717, 1.165) is 11.9 Å². The molecule has 1 fully saturated rings. The normalized spacial score (nSPS) is 18.2. The number of nitrogens with zero attached hydrogens (tertiary/aromatic N) is 3. The molecule has 1 aliphatic carbocycles. The first-order chi connectivity index (χ1) is 16.6. The molecule has 0 atom stereocenters. The van der Waals surface area contributed by atoms with Crippen molar-refractivity contribution in [3.05, 3.63) is 58.9 Å². The third-order valence-electron chi connectivity index (χ3n) is 5.86. The van der Waals surface area contributed by atoms with E-state index in [1.54, 1.807) is 24.4 Å². The molecule has 1 saturated carbocycles. The highest BCUT2D eigenvalue weighted by Crippen LogP contribution is 2.37. The van der Waals surface area contributed by atoms with Crippen molar-refractivity contribution < 1.29 is 22.4 Å². The molecule has 4 rings (SSSR count). The van der Waals surface area contributed by atoms with Crippen molar-refractivity contribution in [2.24, 2.45) is 0 Å². The fourth-order valence-corrected chi connectivity index (χ4v) is 4.15. The van der Waals surface area contributed by atoms with Crippen LogP contribution in [-0.2, 0) is 6.18 Å². The molecule has 1 amide bonds. The Labute approximate surface area is 205 Å². The minimum absolute atomic E-state index is 0.0491. The molecule has 1 aliphatic rings. The highest BCUT2D eigenvalue weighted by molar-refractivity contribution is 6.30. The van der Waals surface area contributed by atoms with Crippen LogP contribution in [0.5, 0.6) is 0 Å². The van der Waals surface area contributed by atoms with Crippen molar-refractivity contribution in [3.63, 3.8) is 0 Å². The van der Waals surface area contributed by atoms with Gasteiger partial charge in [0.15, 0.2) is 0 Å². The molecule has 11 heteroatoms. The fourth-order valence-electron chi connectivity index (χ4n) is 4.02. The summed E-state index contributed by atoms with van der Waals surface area (Å²) < 4.78 is 45.9. The number of anilines is 2. The number of alkyl halides is 3. The third kappa shape index (κ3) is 6.05. The predicted octanol–water partition coefficient (Wildman–Crippen LogP) is 5.63. The number of carbonyl (C=O) groups excluding carboxylic acids is 1. The summed E-state index contributed by atoms with van der Waals surface area (Å²) in [5.41, 5.74) is -0.136. The van der Waals surface area contributed by atoms with Gasteiger partial charge in [-0.2, -0.15) is 18.2 Å². The van der Waals surface area contributed by atoms with Gasteiger partial charge in [-0.25, -0.2) is 4.98 Å². The van der Waals surface area contributed by atoms with Gasteiger partial charge in [0.1, 0.15) is 11.6 Å². The first kappa shape index (κ1) is 24.8. The van der Waals surface area contributed by atoms with Crippen LogP contribution in [0, 0.1) is 0 Å². The van der Waals surface area contributed by atoms with E-state index in [0.29, 0.717) is 42.2 Å². The highest BCUT2D eigenvalue weighted by atomic mass is 35.5. The first-order valence-electron chi connectivity index (χ1n) is 11.1. The van der Waals surface area contributed by atoms with E-state index < -0.39 is 23.4 Å². The molecule has 0 unspecified atom stereocenters. The Morgan fingerprint density at radius 3 is 2.37 bits per heavy atom. The van der Waals surface area contributed by atoms with Gasteiger partial charge in [0.25, 0.3) is 5.91 Å². The number of hydrogen-bond acceptors (Lipinski definition) is 6. The number of halogens is 4. The molecule has 2 heterocycles. The van der Waals surface area contributed by atoms with E-state index >= 15 is 0 Å². The summed E-state index contributed by atoms with van der Waals surface area (Å²) >= 11 is 5.85. The largest absolute Gasteiger partial charge is 0.451 e. The van der Waals surface area contributed by atoms with Gasteiger partial charge in [0.05, 0.1) is 5.56 Å². The minimum Gasteiger partial charge on any atom is -0.451 e. The van der Waals surface area contributed by atoms with Gasteiger partial charge in [0, 0.05) is 43.0 Å². The van der Waals surface area contributed by atoms with Gasteiger partial charge >= 0.3 is 6.18 Å². The molecule has 186 valence electrons. The molecule has 2 aromatic heterocycles. The molecule has 7 nitrogen and oxygen atoms in total. The Morgan fingerprint density at radius 1 is 1.09 bits per heavy atom. The minimum atomic E-state index is -4.81. The van der Waals surface area contributed by atoms with Crippen molar-refractivity contribution in [2.75, 3.05) is 24.3 Å². The highest BCUT2D eigenvalue weighted by Gasteiger charge is 2.41. The third-order valence-corrected chi connectivity index (χ3v) is 6.11. The summed E-state index contributed by atoms with van der Waals surface area (Å²) in [6, 6.07) is 8.96. The van der Waals surface area contributed by atoms with Crippen LogP contribution in [-0.4, -0.2) is 42.1 Å². The number of carbonyl (C=O) groups is 1. The Kier molecular flexibility index (Phi) is 7.20. The average Bonchev–Trinajstić information content (AvgIpc) is 3.27. The van der Waals surface area contributed by atoms with Crippen molar-refractivity contribution in [1.29, 1.82) is 0 Å². The van der Waals surface area contributed by atoms with Crippen LogP contribution in [0.25, 0.3) is 11.3 Å². The van der Waals surface area contributed by atoms with Gasteiger partial charge in [-0.3, -0.25) is 4.79 Å². The zero-order chi connectivity index (χ0) is 25.2. The van der Waals surface area contributed by atoms with E-state index in [9.17, 15) is 18.0 Å². The molecular formula is C24H25ClF3N5O2. The lowest BCUT2D eigenvalue weighted by Crippen LogP contribution is -2.40. The van der Waals surface area contributed by atoms with Crippen LogP contribution in [0.15, 0.2) is 47.0 Å². The van der Waals surface area contributed by atoms with Crippen molar-refractivity contribution in [2.45, 2.75) is 43.9 Å². The van der Waals surface area contributed by atoms with E-state index in [-0.39, 0.29) is 17.8 Å². The fraction of sp³-hybridized carbons (Fsp3) is 0.375. The molecule has 0 bridgehead atoms. The van der Waals surface area contributed by atoms with E-state index in [4.69, 9.17) is 16.0 Å². The lowest BCUT2D eigenvalue weighted by molar-refractivity contribution is -0.153. The summed E-state index contributed by atoms with van der Waals surface area (Å²) in [5.74, 6) is -0.867. The number of amides is 1. The van der Waals surface area contributed by atoms with Crippen molar-refractivity contribution in [3.8, 4) is 11.3 Å². The molecule has 1 aromatic carbocycles. The topological polar surface area (TPSA) is 83.3 Å². The van der Waals surface area contributed by atoms with E-state index in [1.807, 2.05) is 19.0 Å². The summed E-state index contributed by atoms with van der Waals surface area (Å²) in [6.45, 7) is 0. The zero-order valence-electron chi connectivity index (χ0n) is 19.2. The second-order valence-electron chi connectivity index (χ2n) is 8.66.